The van der Waals surface area contributed by atoms with Gasteiger partial charge < -0.3 is 5.32 Å². The largest absolute Gasteiger partial charge is 0.308 e. The Kier molecular flexibility index (Phi) is 2.91. The van der Waals surface area contributed by atoms with Crippen LogP contribution in [0.2, 0.25) is 0 Å². The molecule has 0 bridgehead atoms. The molecule has 14 heavy (non-hydrogen) atoms. The van der Waals surface area contributed by atoms with Gasteiger partial charge in [0.1, 0.15) is 0 Å². The summed E-state index contributed by atoms with van der Waals surface area (Å²) in [6.45, 7) is 0.701. The fraction of sp³-hybridized carbons (Fsp3) is 0.556. The molecule has 1 saturated heterocycles. The number of hydrogen-bond acceptors (Lipinski definition) is 2. The van der Waals surface area contributed by atoms with Crippen LogP contribution in [0.1, 0.15) is 17.7 Å². The van der Waals surface area contributed by atoms with Gasteiger partial charge in [-0.05, 0) is 47.4 Å². The number of rotatable bonds is 2. The van der Waals surface area contributed by atoms with E-state index < -0.39 is 12.0 Å². The van der Waals surface area contributed by atoms with Crippen molar-refractivity contribution in [1.82, 2.24) is 5.32 Å². The van der Waals surface area contributed by atoms with Crippen molar-refractivity contribution in [2.75, 3.05) is 6.54 Å². The second-order valence-corrected chi connectivity index (χ2v) is 5.84. The lowest BCUT2D eigenvalue weighted by Crippen LogP contribution is -2.37. The first-order valence-electron chi connectivity index (χ1n) is 4.48. The zero-order valence-corrected chi connectivity index (χ0v) is 9.80. The van der Waals surface area contributed by atoms with Crippen LogP contribution in [0.4, 0.5) is 8.78 Å². The number of alkyl halides is 2. The van der Waals surface area contributed by atoms with E-state index in [1.54, 1.807) is 6.07 Å². The molecule has 5 heteroatoms. The molecule has 1 fully saturated rings. The van der Waals surface area contributed by atoms with Crippen molar-refractivity contribution in [2.45, 2.75) is 24.8 Å². The number of nitrogens with one attached hydrogen (secondary N) is 1. The molecular formula is C9H10BrF2NS. The molecule has 1 nitrogen and oxygen atoms in total. The minimum Gasteiger partial charge on any atom is -0.308 e. The van der Waals surface area contributed by atoms with Crippen LogP contribution in [0, 0.1) is 0 Å². The molecule has 78 valence electrons. The highest BCUT2D eigenvalue weighted by molar-refractivity contribution is 9.11. The SMILES string of the molecule is FC(F)(c1ccc(Br)s1)C1CCCN1. The zero-order valence-electron chi connectivity index (χ0n) is 7.40. The molecule has 1 unspecified atom stereocenters. The van der Waals surface area contributed by atoms with Crippen LogP contribution in [-0.2, 0) is 5.92 Å². The third-order valence-electron chi connectivity index (χ3n) is 2.40. The Morgan fingerprint density at radius 2 is 2.29 bits per heavy atom. The quantitative estimate of drug-likeness (QED) is 0.877. The van der Waals surface area contributed by atoms with Crippen LogP contribution in [0.5, 0.6) is 0 Å². The molecule has 0 aliphatic carbocycles. The van der Waals surface area contributed by atoms with Crippen LogP contribution in [-0.4, -0.2) is 12.6 Å². The van der Waals surface area contributed by atoms with E-state index in [0.29, 0.717) is 13.0 Å². The Labute approximate surface area is 93.6 Å². The van der Waals surface area contributed by atoms with Crippen LogP contribution in [0.25, 0.3) is 0 Å². The minimum atomic E-state index is -2.73. The summed E-state index contributed by atoms with van der Waals surface area (Å²) >= 11 is 4.31. The van der Waals surface area contributed by atoms with Gasteiger partial charge in [0.25, 0.3) is 5.92 Å². The third-order valence-corrected chi connectivity index (χ3v) is 4.11. The molecule has 2 rings (SSSR count). The molecule has 1 atom stereocenters. The first kappa shape index (κ1) is 10.5. The molecule has 0 saturated carbocycles. The van der Waals surface area contributed by atoms with E-state index in [0.717, 1.165) is 21.5 Å². The highest BCUT2D eigenvalue weighted by atomic mass is 79.9. The second kappa shape index (κ2) is 3.87. The van der Waals surface area contributed by atoms with Gasteiger partial charge in [-0.2, -0.15) is 8.78 Å². The van der Waals surface area contributed by atoms with Crippen molar-refractivity contribution < 1.29 is 8.78 Å². The molecule has 1 aliphatic heterocycles. The summed E-state index contributed by atoms with van der Waals surface area (Å²) in [7, 11) is 0. The lowest BCUT2D eigenvalue weighted by molar-refractivity contribution is -0.0340. The molecule has 1 aromatic rings. The van der Waals surface area contributed by atoms with Crippen molar-refractivity contribution in [3.05, 3.63) is 20.8 Å². The minimum absolute atomic E-state index is 0.142. The summed E-state index contributed by atoms with van der Waals surface area (Å²) in [6.07, 6.45) is 1.40. The van der Waals surface area contributed by atoms with Crippen molar-refractivity contribution >= 4 is 27.3 Å². The summed E-state index contributed by atoms with van der Waals surface area (Å²) in [5.74, 6) is -2.73. The monoisotopic (exact) mass is 281 g/mol. The highest BCUT2D eigenvalue weighted by Gasteiger charge is 2.43. The van der Waals surface area contributed by atoms with Gasteiger partial charge in [-0.25, -0.2) is 0 Å². The van der Waals surface area contributed by atoms with E-state index in [1.807, 2.05) is 0 Å². The van der Waals surface area contributed by atoms with Crippen molar-refractivity contribution in [3.63, 3.8) is 0 Å². The van der Waals surface area contributed by atoms with Gasteiger partial charge in [-0.15, -0.1) is 11.3 Å². The van der Waals surface area contributed by atoms with Crippen LogP contribution < -0.4 is 5.32 Å². The van der Waals surface area contributed by atoms with E-state index in [2.05, 4.69) is 21.2 Å². The normalized spacial score (nSPS) is 22.9. The van der Waals surface area contributed by atoms with Gasteiger partial charge in [0.05, 0.1) is 14.7 Å². The van der Waals surface area contributed by atoms with E-state index in [1.165, 1.54) is 6.07 Å². The molecule has 0 spiro atoms. The third kappa shape index (κ3) is 1.85. The second-order valence-electron chi connectivity index (χ2n) is 3.38. The predicted molar refractivity (Wildman–Crippen MR) is 56.9 cm³/mol. The Hall–Kier alpha value is -0.0000000000000000486. The first-order valence-corrected chi connectivity index (χ1v) is 6.08. The first-order chi connectivity index (χ1) is 6.60. The average Bonchev–Trinajstić information content (AvgIpc) is 2.72. The molecule has 1 aromatic heterocycles. The van der Waals surface area contributed by atoms with Crippen LogP contribution >= 0.6 is 27.3 Å². The van der Waals surface area contributed by atoms with Crippen molar-refractivity contribution in [1.29, 1.82) is 0 Å². The van der Waals surface area contributed by atoms with Gasteiger partial charge in [0.15, 0.2) is 0 Å². The standard InChI is InChI=1S/C9H10BrF2NS/c10-8-4-3-7(14-8)9(11,12)6-2-1-5-13-6/h3-4,6,13H,1-2,5H2. The topological polar surface area (TPSA) is 12.0 Å². The molecule has 2 heterocycles. The Morgan fingerprint density at radius 1 is 1.50 bits per heavy atom. The smallest absolute Gasteiger partial charge is 0.297 e. The fourth-order valence-corrected chi connectivity index (χ4v) is 3.08. The molecular weight excluding hydrogens is 272 g/mol. The summed E-state index contributed by atoms with van der Waals surface area (Å²) < 4.78 is 28.4. The van der Waals surface area contributed by atoms with Gasteiger partial charge in [-0.1, -0.05) is 0 Å². The van der Waals surface area contributed by atoms with E-state index in [9.17, 15) is 8.78 Å². The molecule has 1 aliphatic rings. The molecule has 1 N–H and O–H groups in total. The lowest BCUT2D eigenvalue weighted by Gasteiger charge is -2.21. The van der Waals surface area contributed by atoms with E-state index >= 15 is 0 Å². The average molecular weight is 282 g/mol. The maximum absolute atomic E-state index is 13.8. The number of thiophene rings is 1. The number of halogens is 3. The van der Waals surface area contributed by atoms with Gasteiger partial charge in [0.2, 0.25) is 0 Å². The molecule has 0 radical (unpaired) electrons. The van der Waals surface area contributed by atoms with E-state index in [-0.39, 0.29) is 4.88 Å². The highest BCUT2D eigenvalue weighted by Crippen LogP contribution is 2.40. The van der Waals surface area contributed by atoms with Gasteiger partial charge >= 0.3 is 0 Å². The van der Waals surface area contributed by atoms with Gasteiger partial charge in [0, 0.05) is 0 Å². The van der Waals surface area contributed by atoms with Crippen LogP contribution in [0.15, 0.2) is 15.9 Å². The van der Waals surface area contributed by atoms with Crippen molar-refractivity contribution in [3.8, 4) is 0 Å². The van der Waals surface area contributed by atoms with Crippen molar-refractivity contribution in [2.24, 2.45) is 0 Å². The van der Waals surface area contributed by atoms with E-state index in [4.69, 9.17) is 0 Å². The molecule has 0 aromatic carbocycles. The zero-order chi connectivity index (χ0) is 10.2. The Balaban J connectivity index is 2.22. The number of hydrogen-bond donors (Lipinski definition) is 1. The maximum atomic E-state index is 13.8. The summed E-state index contributed by atoms with van der Waals surface area (Å²) in [5, 5.41) is 2.85. The van der Waals surface area contributed by atoms with Crippen LogP contribution in [0.3, 0.4) is 0 Å². The maximum Gasteiger partial charge on any atom is 0.297 e. The molecule has 0 amide bonds. The lowest BCUT2D eigenvalue weighted by atomic mass is 10.1. The summed E-state index contributed by atoms with van der Waals surface area (Å²) in [5.41, 5.74) is 0. The summed E-state index contributed by atoms with van der Waals surface area (Å²) in [4.78, 5) is 0.142. The van der Waals surface area contributed by atoms with Gasteiger partial charge in [-0.3, -0.25) is 0 Å². The summed E-state index contributed by atoms with van der Waals surface area (Å²) in [6, 6.07) is 2.48. The Bertz CT molecular complexity index is 320. The fourth-order valence-electron chi connectivity index (χ4n) is 1.66. The predicted octanol–water partition coefficient (Wildman–Crippen LogP) is 3.35. The Morgan fingerprint density at radius 3 is 2.79 bits per heavy atom.